The maximum absolute atomic E-state index is 4.90. The fourth-order valence-corrected chi connectivity index (χ4v) is 1.56. The number of rotatable bonds is 10. The summed E-state index contributed by atoms with van der Waals surface area (Å²) in [5, 5.41) is 0. The maximum Gasteiger partial charge on any atom is 0.00461 e. The van der Waals surface area contributed by atoms with Crippen molar-refractivity contribution in [2.75, 3.05) is 33.7 Å². The van der Waals surface area contributed by atoms with Gasteiger partial charge in [0.1, 0.15) is 0 Å². The molecule has 0 amide bonds. The number of hydrogen-bond acceptors (Lipinski definition) is 3. The molecule has 0 saturated heterocycles. The molecule has 106 valence electrons. The summed E-state index contributed by atoms with van der Waals surface area (Å²) in [7, 11) is 4.31. The quantitative estimate of drug-likeness (QED) is 0.582. The van der Waals surface area contributed by atoms with Gasteiger partial charge in [-0.2, -0.15) is 0 Å². The molecule has 0 radical (unpaired) electrons. The highest BCUT2D eigenvalue weighted by Crippen LogP contribution is 2.08. The van der Waals surface area contributed by atoms with Crippen LogP contribution in [0.15, 0.2) is 0 Å². The number of unbranched alkanes of at least 4 members (excludes halogenated alkanes) is 7. The van der Waals surface area contributed by atoms with Gasteiger partial charge in [-0.3, -0.25) is 0 Å². The van der Waals surface area contributed by atoms with Crippen molar-refractivity contribution in [3.63, 3.8) is 0 Å². The van der Waals surface area contributed by atoms with Gasteiger partial charge in [0.2, 0.25) is 0 Å². The minimum absolute atomic E-state index is 0.597. The Bertz CT molecular complexity index is 114. The Morgan fingerprint density at radius 2 is 1.12 bits per heavy atom. The second kappa shape index (κ2) is 18.3. The Balaban J connectivity index is 0. The number of hydrogen-bond donors (Lipinski definition) is 2. The summed E-state index contributed by atoms with van der Waals surface area (Å²) in [6.45, 7) is 4.73. The normalized spacial score (nSPS) is 10.2. The van der Waals surface area contributed by atoms with Crippen LogP contribution in [0.2, 0.25) is 0 Å². The highest BCUT2D eigenvalue weighted by atomic mass is 15.0. The summed E-state index contributed by atoms with van der Waals surface area (Å²) in [5.74, 6) is 0. The Kier molecular flexibility index (Phi) is 20.6. The van der Waals surface area contributed by atoms with Crippen LogP contribution < -0.4 is 11.5 Å². The number of nitrogens with two attached hydrogens (primary N) is 2. The molecule has 3 heteroatoms. The third-order valence-corrected chi connectivity index (χ3v) is 2.63. The molecular formula is C14H35N3. The topological polar surface area (TPSA) is 55.3 Å². The van der Waals surface area contributed by atoms with Gasteiger partial charge in [0, 0.05) is 13.1 Å². The van der Waals surface area contributed by atoms with E-state index < -0.39 is 0 Å². The van der Waals surface area contributed by atoms with Gasteiger partial charge in [-0.15, -0.1) is 0 Å². The van der Waals surface area contributed by atoms with Crippen LogP contribution in [0.5, 0.6) is 0 Å². The van der Waals surface area contributed by atoms with Gasteiger partial charge in [0.25, 0.3) is 0 Å². The van der Waals surface area contributed by atoms with E-state index in [9.17, 15) is 0 Å². The van der Waals surface area contributed by atoms with Crippen LogP contribution in [0.25, 0.3) is 0 Å². The fraction of sp³-hybridized carbons (Fsp3) is 1.00. The van der Waals surface area contributed by atoms with Crippen LogP contribution in [0.4, 0.5) is 0 Å². The first-order valence-corrected chi connectivity index (χ1v) is 7.23. The van der Waals surface area contributed by atoms with E-state index in [1.54, 1.807) is 0 Å². The van der Waals surface area contributed by atoms with Gasteiger partial charge in [0.15, 0.2) is 0 Å². The Labute approximate surface area is 109 Å². The molecule has 0 spiro atoms. The zero-order valence-corrected chi connectivity index (χ0v) is 12.4. The van der Waals surface area contributed by atoms with Crippen molar-refractivity contribution in [3.8, 4) is 0 Å². The van der Waals surface area contributed by atoms with Crippen LogP contribution in [-0.4, -0.2) is 38.6 Å². The zero-order valence-electron chi connectivity index (χ0n) is 12.4. The van der Waals surface area contributed by atoms with Gasteiger partial charge >= 0.3 is 0 Å². The molecule has 4 N–H and O–H groups in total. The van der Waals surface area contributed by atoms with Crippen molar-refractivity contribution in [3.05, 3.63) is 0 Å². The van der Waals surface area contributed by atoms with Crippen molar-refractivity contribution in [2.45, 2.75) is 58.3 Å². The minimum atomic E-state index is 0.597. The molecule has 0 atom stereocenters. The molecule has 3 nitrogen and oxygen atoms in total. The van der Waals surface area contributed by atoms with E-state index in [1.807, 2.05) is 0 Å². The van der Waals surface area contributed by atoms with Crippen LogP contribution >= 0.6 is 0 Å². The highest BCUT2D eigenvalue weighted by Gasteiger charge is 1.92. The summed E-state index contributed by atoms with van der Waals surface area (Å²) >= 11 is 0. The van der Waals surface area contributed by atoms with Crippen molar-refractivity contribution in [1.29, 1.82) is 0 Å². The van der Waals surface area contributed by atoms with E-state index in [0.29, 0.717) is 13.1 Å². The maximum atomic E-state index is 4.90. The number of nitrogens with zero attached hydrogens (tertiary/aromatic N) is 1. The molecule has 0 aromatic heterocycles. The molecular weight excluding hydrogens is 210 g/mol. The SMILES string of the molecule is CCCCCCCCCCN(C)C.NCCN. The molecule has 0 rings (SSSR count). The van der Waals surface area contributed by atoms with Crippen LogP contribution in [0.3, 0.4) is 0 Å². The molecule has 0 fully saturated rings. The summed E-state index contributed by atoms with van der Waals surface area (Å²) in [5.41, 5.74) is 9.81. The van der Waals surface area contributed by atoms with E-state index >= 15 is 0 Å². The van der Waals surface area contributed by atoms with E-state index in [4.69, 9.17) is 11.5 Å². The molecule has 0 aliphatic heterocycles. The first-order valence-electron chi connectivity index (χ1n) is 7.23. The van der Waals surface area contributed by atoms with E-state index in [0.717, 1.165) is 0 Å². The van der Waals surface area contributed by atoms with Crippen molar-refractivity contribution in [1.82, 2.24) is 4.90 Å². The molecule has 0 aliphatic rings. The first kappa shape index (κ1) is 19.2. The molecule has 0 heterocycles. The lowest BCUT2D eigenvalue weighted by atomic mass is 10.1. The highest BCUT2D eigenvalue weighted by molar-refractivity contribution is 4.48. The third kappa shape index (κ3) is 25.8. The molecule has 0 unspecified atom stereocenters. The lowest BCUT2D eigenvalue weighted by Gasteiger charge is -2.08. The molecule has 17 heavy (non-hydrogen) atoms. The summed E-state index contributed by atoms with van der Waals surface area (Å²) in [6.07, 6.45) is 11.4. The van der Waals surface area contributed by atoms with E-state index in [1.165, 1.54) is 57.9 Å². The van der Waals surface area contributed by atoms with Gasteiger partial charge in [-0.25, -0.2) is 0 Å². The smallest absolute Gasteiger partial charge is 0.00461 e. The monoisotopic (exact) mass is 245 g/mol. The average Bonchev–Trinajstić information content (AvgIpc) is 2.32. The summed E-state index contributed by atoms with van der Waals surface area (Å²) in [4.78, 5) is 2.27. The van der Waals surface area contributed by atoms with Gasteiger partial charge < -0.3 is 16.4 Å². The van der Waals surface area contributed by atoms with Gasteiger partial charge in [0.05, 0.1) is 0 Å². The summed E-state index contributed by atoms with van der Waals surface area (Å²) in [6, 6.07) is 0. The molecule has 0 aromatic rings. The molecule has 0 aromatic carbocycles. The Morgan fingerprint density at radius 1 is 0.706 bits per heavy atom. The average molecular weight is 245 g/mol. The van der Waals surface area contributed by atoms with Crippen LogP contribution in [-0.2, 0) is 0 Å². The van der Waals surface area contributed by atoms with Crippen molar-refractivity contribution < 1.29 is 0 Å². The Morgan fingerprint density at radius 3 is 1.47 bits per heavy atom. The van der Waals surface area contributed by atoms with Gasteiger partial charge in [-0.1, -0.05) is 51.9 Å². The second-order valence-electron chi connectivity index (χ2n) is 4.86. The fourth-order valence-electron chi connectivity index (χ4n) is 1.56. The zero-order chi connectivity index (χ0) is 13.4. The lowest BCUT2D eigenvalue weighted by Crippen LogP contribution is -2.12. The third-order valence-electron chi connectivity index (χ3n) is 2.63. The van der Waals surface area contributed by atoms with Crippen LogP contribution in [0.1, 0.15) is 58.3 Å². The Hall–Kier alpha value is -0.120. The van der Waals surface area contributed by atoms with E-state index in [-0.39, 0.29) is 0 Å². The van der Waals surface area contributed by atoms with Crippen LogP contribution in [0, 0.1) is 0 Å². The molecule has 0 bridgehead atoms. The lowest BCUT2D eigenvalue weighted by molar-refractivity contribution is 0.389. The van der Waals surface area contributed by atoms with Crippen molar-refractivity contribution >= 4 is 0 Å². The first-order chi connectivity index (χ1) is 8.18. The predicted octanol–water partition coefficient (Wildman–Crippen LogP) is 2.59. The predicted molar refractivity (Wildman–Crippen MR) is 79.3 cm³/mol. The van der Waals surface area contributed by atoms with E-state index in [2.05, 4.69) is 25.9 Å². The molecule has 0 aliphatic carbocycles. The van der Waals surface area contributed by atoms with Crippen molar-refractivity contribution in [2.24, 2.45) is 11.5 Å². The largest absolute Gasteiger partial charge is 0.329 e. The standard InChI is InChI=1S/C12H27N.C2H8N2/c1-4-5-6-7-8-9-10-11-12-13(2)3;3-1-2-4/h4-12H2,1-3H3;1-4H2. The minimum Gasteiger partial charge on any atom is -0.329 e. The second-order valence-corrected chi connectivity index (χ2v) is 4.86. The molecule has 0 saturated carbocycles. The summed E-state index contributed by atoms with van der Waals surface area (Å²) < 4.78 is 0. The van der Waals surface area contributed by atoms with Gasteiger partial charge in [-0.05, 0) is 27.1 Å².